The molecule has 0 aromatic heterocycles. The third kappa shape index (κ3) is 4.75. The number of nitrogens with two attached hydrogens (primary N) is 1. The molecule has 1 aromatic rings. The Morgan fingerprint density at radius 1 is 1.38 bits per heavy atom. The summed E-state index contributed by atoms with van der Waals surface area (Å²) < 4.78 is 0. The first kappa shape index (κ1) is 20.4. The van der Waals surface area contributed by atoms with Crippen LogP contribution in [0.1, 0.15) is 25.3 Å². The molecule has 0 radical (unpaired) electrons. The number of hydrogen-bond donors (Lipinski definition) is 5. The van der Waals surface area contributed by atoms with E-state index in [-0.39, 0.29) is 0 Å². The summed E-state index contributed by atoms with van der Waals surface area (Å²) in [6.07, 6.45) is 10.8. The molecule has 0 fully saturated rings. The Bertz CT molecular complexity index is 991. The first-order valence-corrected chi connectivity index (χ1v) is 9.50. The topological polar surface area (TPSA) is 120 Å². The lowest BCUT2D eigenvalue weighted by Crippen LogP contribution is -2.50. The van der Waals surface area contributed by atoms with E-state index >= 15 is 0 Å². The second kappa shape index (κ2) is 8.79. The fraction of sp³-hybridized carbons (Fsp3) is 0.190. The van der Waals surface area contributed by atoms with Crippen LogP contribution in [0.2, 0.25) is 0 Å². The number of rotatable bonds is 5. The standard InChI is InChI=1S/C21H22ClN5O2/c1-12-18(20(28)26-15-7-8-17(24)14(10-15)11-23)19(27-21(29)25-12)16(22)9-13-5-3-2-4-6-13/h3,5-11,19,23H,2,4,24H2,1H3,(H,26,28)(H2,25,27,29). The molecule has 1 atom stereocenters. The number of nitrogens with one attached hydrogen (secondary N) is 4. The molecule has 8 heteroatoms. The van der Waals surface area contributed by atoms with Gasteiger partial charge in [-0.3, -0.25) is 4.79 Å². The molecular formula is C21H22ClN5O2. The maximum Gasteiger partial charge on any atom is 0.319 e. The molecule has 2 aliphatic rings. The highest BCUT2D eigenvalue weighted by molar-refractivity contribution is 6.31. The van der Waals surface area contributed by atoms with Gasteiger partial charge in [-0.15, -0.1) is 0 Å². The lowest BCUT2D eigenvalue weighted by molar-refractivity contribution is -0.113. The second-order valence-electron chi connectivity index (χ2n) is 6.73. The monoisotopic (exact) mass is 411 g/mol. The van der Waals surface area contributed by atoms with Crippen LogP contribution in [-0.2, 0) is 4.79 Å². The van der Waals surface area contributed by atoms with Crippen molar-refractivity contribution in [2.45, 2.75) is 25.8 Å². The summed E-state index contributed by atoms with van der Waals surface area (Å²) >= 11 is 6.52. The van der Waals surface area contributed by atoms with Crippen molar-refractivity contribution in [1.82, 2.24) is 10.6 Å². The third-order valence-electron chi connectivity index (χ3n) is 4.62. The first-order chi connectivity index (χ1) is 13.9. The summed E-state index contributed by atoms with van der Waals surface area (Å²) in [5.41, 5.74) is 8.87. The summed E-state index contributed by atoms with van der Waals surface area (Å²) in [6, 6.07) is 3.66. The molecule has 1 unspecified atom stereocenters. The third-order valence-corrected chi connectivity index (χ3v) is 4.95. The zero-order valence-corrected chi connectivity index (χ0v) is 16.6. The lowest BCUT2D eigenvalue weighted by Gasteiger charge is -2.28. The summed E-state index contributed by atoms with van der Waals surface area (Å²) in [5.74, 6) is -0.416. The Morgan fingerprint density at radius 2 is 2.17 bits per heavy atom. The van der Waals surface area contributed by atoms with E-state index in [0.717, 1.165) is 24.6 Å². The molecule has 1 aromatic carbocycles. The Balaban J connectivity index is 1.90. The number of benzene rings is 1. The minimum atomic E-state index is -0.780. The summed E-state index contributed by atoms with van der Waals surface area (Å²) in [6.45, 7) is 1.65. The molecule has 1 aliphatic carbocycles. The summed E-state index contributed by atoms with van der Waals surface area (Å²) in [4.78, 5) is 25.0. The van der Waals surface area contributed by atoms with Gasteiger partial charge in [0.15, 0.2) is 0 Å². The number of amides is 3. The Labute approximate surface area is 173 Å². The molecule has 0 bridgehead atoms. The van der Waals surface area contributed by atoms with Crippen LogP contribution < -0.4 is 21.7 Å². The number of nitrogen functional groups attached to an aromatic ring is 1. The van der Waals surface area contributed by atoms with E-state index in [0.29, 0.717) is 33.2 Å². The molecule has 3 amide bonds. The number of carbonyl (C=O) groups excluding carboxylic acids is 2. The normalized spacial score (nSPS) is 19.2. The minimum absolute atomic E-state index is 0.305. The average molecular weight is 412 g/mol. The predicted molar refractivity (Wildman–Crippen MR) is 116 cm³/mol. The zero-order chi connectivity index (χ0) is 21.0. The average Bonchev–Trinajstić information content (AvgIpc) is 2.69. The van der Waals surface area contributed by atoms with Gasteiger partial charge in [-0.2, -0.15) is 0 Å². The van der Waals surface area contributed by atoms with Crippen LogP contribution in [0.4, 0.5) is 16.2 Å². The van der Waals surface area contributed by atoms with Crippen molar-refractivity contribution in [3.63, 3.8) is 0 Å². The molecule has 6 N–H and O–H groups in total. The zero-order valence-electron chi connectivity index (χ0n) is 15.9. The van der Waals surface area contributed by atoms with Crippen molar-refractivity contribution in [3.8, 4) is 0 Å². The Kier molecular flexibility index (Phi) is 6.19. The predicted octanol–water partition coefficient (Wildman–Crippen LogP) is 3.56. The Morgan fingerprint density at radius 3 is 2.86 bits per heavy atom. The van der Waals surface area contributed by atoms with E-state index in [2.05, 4.69) is 22.0 Å². The highest BCUT2D eigenvalue weighted by atomic mass is 35.5. The molecule has 3 rings (SSSR count). The number of carbonyl (C=O) groups is 2. The quantitative estimate of drug-likeness (QED) is 0.376. The molecule has 0 spiro atoms. The number of hydrogen-bond acceptors (Lipinski definition) is 4. The number of anilines is 2. The van der Waals surface area contributed by atoms with E-state index in [1.54, 1.807) is 31.2 Å². The maximum absolute atomic E-state index is 13.0. The fourth-order valence-electron chi connectivity index (χ4n) is 3.16. The van der Waals surface area contributed by atoms with Crippen LogP contribution in [0, 0.1) is 5.41 Å². The number of urea groups is 1. The van der Waals surface area contributed by atoms with Crippen LogP contribution in [-0.4, -0.2) is 24.2 Å². The molecule has 29 heavy (non-hydrogen) atoms. The van der Waals surface area contributed by atoms with Crippen LogP contribution in [0.15, 0.2) is 64.4 Å². The van der Waals surface area contributed by atoms with E-state index in [9.17, 15) is 9.59 Å². The van der Waals surface area contributed by atoms with Gasteiger partial charge in [0.25, 0.3) is 5.91 Å². The van der Waals surface area contributed by atoms with Crippen molar-refractivity contribution in [1.29, 1.82) is 5.41 Å². The number of halogens is 1. The Hall–Kier alpha value is -3.32. The number of allylic oxidation sites excluding steroid dienone is 6. The van der Waals surface area contributed by atoms with E-state index < -0.39 is 18.0 Å². The van der Waals surface area contributed by atoms with Crippen molar-refractivity contribution >= 4 is 41.1 Å². The van der Waals surface area contributed by atoms with Crippen LogP contribution >= 0.6 is 11.6 Å². The van der Waals surface area contributed by atoms with Crippen LogP contribution in [0.3, 0.4) is 0 Å². The molecule has 1 aliphatic heterocycles. The summed E-state index contributed by atoms with van der Waals surface area (Å²) in [5, 5.41) is 15.8. The van der Waals surface area contributed by atoms with Crippen molar-refractivity contribution in [3.05, 3.63) is 69.9 Å². The van der Waals surface area contributed by atoms with Gasteiger partial charge in [0.2, 0.25) is 0 Å². The van der Waals surface area contributed by atoms with Crippen molar-refractivity contribution < 1.29 is 9.59 Å². The lowest BCUT2D eigenvalue weighted by atomic mass is 9.99. The van der Waals surface area contributed by atoms with Crippen LogP contribution in [0.5, 0.6) is 0 Å². The highest BCUT2D eigenvalue weighted by Gasteiger charge is 2.32. The first-order valence-electron chi connectivity index (χ1n) is 9.12. The van der Waals surface area contributed by atoms with E-state index in [1.165, 1.54) is 0 Å². The molecule has 1 heterocycles. The molecule has 0 saturated carbocycles. The smallest absolute Gasteiger partial charge is 0.319 e. The van der Waals surface area contributed by atoms with Crippen molar-refractivity contribution in [2.24, 2.45) is 0 Å². The van der Waals surface area contributed by atoms with Gasteiger partial charge < -0.3 is 27.1 Å². The minimum Gasteiger partial charge on any atom is -0.398 e. The SMILES string of the molecule is CC1=C(C(=O)Nc2ccc(N)c(C=N)c2)C(C(Cl)=CC2=CCCC=C2)NC(=O)N1. The van der Waals surface area contributed by atoms with Gasteiger partial charge >= 0.3 is 6.03 Å². The highest BCUT2D eigenvalue weighted by Crippen LogP contribution is 2.26. The van der Waals surface area contributed by atoms with Gasteiger partial charge in [0.05, 0.1) is 11.6 Å². The van der Waals surface area contributed by atoms with Gasteiger partial charge in [-0.05, 0) is 49.6 Å². The fourth-order valence-corrected chi connectivity index (χ4v) is 3.45. The summed E-state index contributed by atoms with van der Waals surface area (Å²) in [7, 11) is 0. The van der Waals surface area contributed by atoms with E-state index in [4.69, 9.17) is 22.7 Å². The van der Waals surface area contributed by atoms with Crippen LogP contribution in [0.25, 0.3) is 0 Å². The van der Waals surface area contributed by atoms with Gasteiger partial charge in [0.1, 0.15) is 0 Å². The molecule has 150 valence electrons. The van der Waals surface area contributed by atoms with E-state index in [1.807, 2.05) is 12.2 Å². The molecular weight excluding hydrogens is 390 g/mol. The molecule has 7 nitrogen and oxygen atoms in total. The van der Waals surface area contributed by atoms with Gasteiger partial charge in [0, 0.05) is 33.9 Å². The largest absolute Gasteiger partial charge is 0.398 e. The maximum atomic E-state index is 13.0. The van der Waals surface area contributed by atoms with Gasteiger partial charge in [-0.1, -0.05) is 29.8 Å². The molecule has 0 saturated heterocycles. The second-order valence-corrected chi connectivity index (χ2v) is 7.16. The van der Waals surface area contributed by atoms with Crippen molar-refractivity contribution in [2.75, 3.05) is 11.1 Å². The van der Waals surface area contributed by atoms with Gasteiger partial charge in [-0.25, -0.2) is 4.79 Å².